The normalized spacial score (nSPS) is 45.0. The summed E-state index contributed by atoms with van der Waals surface area (Å²) < 4.78 is 13.7. The first-order chi connectivity index (χ1) is 6.77. The number of hydrogen-bond donors (Lipinski definition) is 0. The van der Waals surface area contributed by atoms with Crippen molar-refractivity contribution >= 4 is 11.6 Å². The van der Waals surface area contributed by atoms with Gasteiger partial charge in [0.05, 0.1) is 0 Å². The molecule has 0 heterocycles. The maximum absolute atomic E-state index is 13.7. The van der Waals surface area contributed by atoms with Crippen molar-refractivity contribution in [2.45, 2.75) is 62.9 Å². The van der Waals surface area contributed by atoms with E-state index in [1.54, 1.807) is 0 Å². The van der Waals surface area contributed by atoms with E-state index in [1.165, 1.54) is 19.3 Å². The zero-order valence-electron chi connectivity index (χ0n) is 8.72. The number of halogens is 2. The molecule has 2 saturated carbocycles. The molecule has 0 aliphatic heterocycles. The Morgan fingerprint density at radius 3 is 2.14 bits per heavy atom. The van der Waals surface area contributed by atoms with E-state index >= 15 is 0 Å². The molecular formula is C12H20ClF. The predicted octanol–water partition coefficient (Wildman–Crippen LogP) is 4.31. The Morgan fingerprint density at radius 1 is 0.857 bits per heavy atom. The Hall–Kier alpha value is 0.220. The van der Waals surface area contributed by atoms with Crippen molar-refractivity contribution in [2.24, 2.45) is 11.8 Å². The molecule has 0 N–H and O–H groups in total. The van der Waals surface area contributed by atoms with Crippen LogP contribution in [0.2, 0.25) is 0 Å². The topological polar surface area (TPSA) is 0 Å². The molecule has 0 aromatic rings. The van der Waals surface area contributed by atoms with E-state index in [2.05, 4.69) is 0 Å². The van der Waals surface area contributed by atoms with Gasteiger partial charge in [0.1, 0.15) is 6.17 Å². The largest absolute Gasteiger partial charge is 0.247 e. The zero-order chi connectivity index (χ0) is 9.97. The summed E-state index contributed by atoms with van der Waals surface area (Å²) in [7, 11) is 0. The minimum atomic E-state index is -0.513. The molecule has 2 rings (SSSR count). The summed E-state index contributed by atoms with van der Waals surface area (Å²) in [6.07, 6.45) is 8.31. The Labute approximate surface area is 91.2 Å². The van der Waals surface area contributed by atoms with Gasteiger partial charge in [-0.25, -0.2) is 4.39 Å². The third-order valence-corrected chi connectivity index (χ3v) is 4.48. The molecule has 2 atom stereocenters. The van der Waals surface area contributed by atoms with Gasteiger partial charge in [0.25, 0.3) is 0 Å². The molecule has 0 aromatic carbocycles. The minimum absolute atomic E-state index is 0.368. The third-order valence-electron chi connectivity index (χ3n) is 4.04. The van der Waals surface area contributed by atoms with Crippen molar-refractivity contribution in [1.29, 1.82) is 0 Å². The van der Waals surface area contributed by atoms with Crippen molar-refractivity contribution in [3.63, 3.8) is 0 Å². The van der Waals surface area contributed by atoms with Gasteiger partial charge in [0.15, 0.2) is 0 Å². The lowest BCUT2D eigenvalue weighted by Crippen LogP contribution is -2.31. The van der Waals surface area contributed by atoms with Gasteiger partial charge in [0, 0.05) is 5.38 Å². The highest BCUT2D eigenvalue weighted by molar-refractivity contribution is 6.20. The first-order valence-electron chi connectivity index (χ1n) is 6.05. The van der Waals surface area contributed by atoms with Crippen LogP contribution in [0.4, 0.5) is 4.39 Å². The molecule has 2 fully saturated rings. The molecular weight excluding hydrogens is 199 g/mol. The minimum Gasteiger partial charge on any atom is -0.247 e. The van der Waals surface area contributed by atoms with E-state index in [4.69, 9.17) is 11.6 Å². The van der Waals surface area contributed by atoms with Gasteiger partial charge in [-0.1, -0.05) is 12.8 Å². The molecule has 0 saturated heterocycles. The average Bonchev–Trinajstić information content (AvgIpc) is 2.20. The summed E-state index contributed by atoms with van der Waals surface area (Å²) in [5.74, 6) is 1.01. The van der Waals surface area contributed by atoms with Crippen LogP contribution in [-0.2, 0) is 0 Å². The molecule has 0 spiro atoms. The maximum Gasteiger partial charge on any atom is 0.103 e. The smallest absolute Gasteiger partial charge is 0.103 e. The van der Waals surface area contributed by atoms with Gasteiger partial charge in [-0.3, -0.25) is 0 Å². The van der Waals surface area contributed by atoms with Crippen LogP contribution in [-0.4, -0.2) is 11.5 Å². The second kappa shape index (κ2) is 4.83. The van der Waals surface area contributed by atoms with Crippen LogP contribution in [0.15, 0.2) is 0 Å². The van der Waals surface area contributed by atoms with E-state index in [9.17, 15) is 4.39 Å². The summed E-state index contributed by atoms with van der Waals surface area (Å²) in [5, 5.41) is 0.368. The van der Waals surface area contributed by atoms with Crippen LogP contribution in [0.1, 0.15) is 51.4 Å². The molecule has 0 radical (unpaired) electrons. The lowest BCUT2D eigenvalue weighted by Gasteiger charge is -2.36. The summed E-state index contributed by atoms with van der Waals surface area (Å²) in [4.78, 5) is 0. The summed E-state index contributed by atoms with van der Waals surface area (Å²) in [5.41, 5.74) is 0. The summed E-state index contributed by atoms with van der Waals surface area (Å²) in [6, 6.07) is 0. The van der Waals surface area contributed by atoms with E-state index in [0.717, 1.165) is 32.1 Å². The van der Waals surface area contributed by atoms with Gasteiger partial charge >= 0.3 is 0 Å². The van der Waals surface area contributed by atoms with E-state index in [0.29, 0.717) is 17.2 Å². The summed E-state index contributed by atoms with van der Waals surface area (Å²) >= 11 is 6.06. The zero-order valence-corrected chi connectivity index (χ0v) is 9.48. The fourth-order valence-electron chi connectivity index (χ4n) is 3.15. The van der Waals surface area contributed by atoms with Crippen molar-refractivity contribution in [2.75, 3.05) is 0 Å². The highest BCUT2D eigenvalue weighted by Gasteiger charge is 2.33. The molecule has 0 nitrogen and oxygen atoms in total. The van der Waals surface area contributed by atoms with Gasteiger partial charge in [-0.2, -0.15) is 0 Å². The molecule has 0 aromatic heterocycles. The van der Waals surface area contributed by atoms with Gasteiger partial charge in [-0.05, 0) is 50.4 Å². The molecule has 0 amide bonds. The molecule has 2 aliphatic rings. The third kappa shape index (κ3) is 2.42. The summed E-state index contributed by atoms with van der Waals surface area (Å²) in [6.45, 7) is 0. The van der Waals surface area contributed by atoms with Crippen molar-refractivity contribution in [3.8, 4) is 0 Å². The first kappa shape index (κ1) is 10.7. The molecule has 82 valence electrons. The van der Waals surface area contributed by atoms with Gasteiger partial charge in [-0.15, -0.1) is 11.6 Å². The molecule has 2 aliphatic carbocycles. The Bertz CT molecular complexity index is 175. The average molecular weight is 219 g/mol. The maximum atomic E-state index is 13.7. The fraction of sp³-hybridized carbons (Fsp3) is 1.00. The molecule has 2 unspecified atom stereocenters. The van der Waals surface area contributed by atoms with Gasteiger partial charge in [0.2, 0.25) is 0 Å². The van der Waals surface area contributed by atoms with Crippen LogP contribution < -0.4 is 0 Å². The number of alkyl halides is 2. The SMILES string of the molecule is FC1CCCCC1C1CCC(Cl)CC1. The second-order valence-corrected chi connectivity index (χ2v) is 5.59. The van der Waals surface area contributed by atoms with E-state index in [1.807, 2.05) is 0 Å². The molecule has 14 heavy (non-hydrogen) atoms. The Morgan fingerprint density at radius 2 is 1.50 bits per heavy atom. The second-order valence-electron chi connectivity index (χ2n) is 4.98. The highest BCUT2D eigenvalue weighted by atomic mass is 35.5. The predicted molar refractivity (Wildman–Crippen MR) is 58.5 cm³/mol. The van der Waals surface area contributed by atoms with Crippen LogP contribution >= 0.6 is 11.6 Å². The van der Waals surface area contributed by atoms with E-state index in [-0.39, 0.29) is 0 Å². The lowest BCUT2D eigenvalue weighted by atomic mass is 9.72. The monoisotopic (exact) mass is 218 g/mol. The Balaban J connectivity index is 1.87. The van der Waals surface area contributed by atoms with Crippen molar-refractivity contribution < 1.29 is 4.39 Å². The van der Waals surface area contributed by atoms with E-state index < -0.39 is 6.17 Å². The molecule has 0 bridgehead atoms. The first-order valence-corrected chi connectivity index (χ1v) is 6.49. The Kier molecular flexibility index (Phi) is 3.70. The van der Waals surface area contributed by atoms with Crippen molar-refractivity contribution in [1.82, 2.24) is 0 Å². The quantitative estimate of drug-likeness (QED) is 0.576. The standard InChI is InChI=1S/C12H20ClF/c13-10-7-5-9(6-8-10)11-3-1-2-4-12(11)14/h9-12H,1-8H2. The van der Waals surface area contributed by atoms with Crippen LogP contribution in [0.3, 0.4) is 0 Å². The number of hydrogen-bond acceptors (Lipinski definition) is 0. The van der Waals surface area contributed by atoms with Crippen LogP contribution in [0, 0.1) is 11.8 Å². The van der Waals surface area contributed by atoms with Crippen LogP contribution in [0.25, 0.3) is 0 Å². The molecule has 2 heteroatoms. The highest BCUT2D eigenvalue weighted by Crippen LogP contribution is 2.40. The van der Waals surface area contributed by atoms with Crippen molar-refractivity contribution in [3.05, 3.63) is 0 Å². The van der Waals surface area contributed by atoms with Crippen LogP contribution in [0.5, 0.6) is 0 Å². The number of rotatable bonds is 1. The fourth-order valence-corrected chi connectivity index (χ4v) is 3.40. The van der Waals surface area contributed by atoms with Gasteiger partial charge < -0.3 is 0 Å². The lowest BCUT2D eigenvalue weighted by molar-refractivity contribution is 0.0929.